The summed E-state index contributed by atoms with van der Waals surface area (Å²) in [7, 11) is 0. The van der Waals surface area contributed by atoms with Crippen molar-refractivity contribution in [3.05, 3.63) is 35.5 Å². The molecule has 17 heavy (non-hydrogen) atoms. The minimum atomic E-state index is 0.851. The maximum atomic E-state index is 4.57. The Kier molecular flexibility index (Phi) is 4.64. The number of unbranched alkanes of at least 4 members (excludes halogenated alkanes) is 1. The van der Waals surface area contributed by atoms with Gasteiger partial charge in [0.05, 0.1) is 11.4 Å². The summed E-state index contributed by atoms with van der Waals surface area (Å²) in [5, 5.41) is 6.49. The van der Waals surface area contributed by atoms with Crippen LogP contribution in [0.4, 0.5) is 0 Å². The highest BCUT2D eigenvalue weighted by Gasteiger charge is 2.04. The van der Waals surface area contributed by atoms with E-state index in [9.17, 15) is 0 Å². The molecule has 2 heterocycles. The van der Waals surface area contributed by atoms with E-state index in [0.29, 0.717) is 0 Å². The lowest BCUT2D eigenvalue weighted by Gasteiger charge is -1.99. The van der Waals surface area contributed by atoms with Crippen LogP contribution >= 0.6 is 11.3 Å². The molecule has 0 spiro atoms. The number of nitrogens with zero attached hydrogens (tertiary/aromatic N) is 2. The van der Waals surface area contributed by atoms with Crippen molar-refractivity contribution in [3.8, 4) is 10.7 Å². The van der Waals surface area contributed by atoms with Gasteiger partial charge in [-0.1, -0.05) is 19.4 Å². The van der Waals surface area contributed by atoms with Crippen molar-refractivity contribution in [2.45, 2.75) is 26.3 Å². The second-order valence-electron chi connectivity index (χ2n) is 3.89. The Labute approximate surface area is 106 Å². The lowest BCUT2D eigenvalue weighted by Crippen LogP contribution is -2.14. The molecule has 0 saturated heterocycles. The van der Waals surface area contributed by atoms with Crippen LogP contribution in [-0.2, 0) is 6.54 Å². The van der Waals surface area contributed by atoms with Crippen LogP contribution in [0.25, 0.3) is 10.7 Å². The van der Waals surface area contributed by atoms with Crippen LogP contribution in [0.15, 0.2) is 29.8 Å². The summed E-state index contributed by atoms with van der Waals surface area (Å²) in [6.07, 6.45) is 4.25. The molecule has 4 heteroatoms. The van der Waals surface area contributed by atoms with E-state index in [-0.39, 0.29) is 0 Å². The first kappa shape index (κ1) is 12.2. The first-order valence-electron chi connectivity index (χ1n) is 5.96. The number of nitrogens with one attached hydrogen (secondary N) is 1. The van der Waals surface area contributed by atoms with Crippen molar-refractivity contribution in [2.24, 2.45) is 0 Å². The molecule has 0 aliphatic rings. The molecule has 3 nitrogen and oxygen atoms in total. The second-order valence-corrected chi connectivity index (χ2v) is 4.75. The van der Waals surface area contributed by atoms with E-state index in [2.05, 4.69) is 27.6 Å². The molecule has 2 aromatic heterocycles. The molecule has 0 amide bonds. The van der Waals surface area contributed by atoms with Crippen LogP contribution in [0.5, 0.6) is 0 Å². The number of aromatic nitrogens is 2. The zero-order valence-corrected chi connectivity index (χ0v) is 10.8. The molecule has 0 fully saturated rings. The molecular weight excluding hydrogens is 230 g/mol. The van der Waals surface area contributed by atoms with Gasteiger partial charge in [-0.2, -0.15) is 0 Å². The Morgan fingerprint density at radius 1 is 1.35 bits per heavy atom. The highest BCUT2D eigenvalue weighted by Crippen LogP contribution is 2.20. The van der Waals surface area contributed by atoms with E-state index in [1.807, 2.05) is 18.2 Å². The third-order valence-corrected chi connectivity index (χ3v) is 3.36. The lowest BCUT2D eigenvalue weighted by molar-refractivity contribution is 0.635. The molecule has 0 aliphatic heterocycles. The van der Waals surface area contributed by atoms with Crippen molar-refractivity contribution >= 4 is 11.3 Å². The van der Waals surface area contributed by atoms with Gasteiger partial charge >= 0.3 is 0 Å². The summed E-state index contributed by atoms with van der Waals surface area (Å²) >= 11 is 1.65. The van der Waals surface area contributed by atoms with Gasteiger partial charge in [0.15, 0.2) is 0 Å². The number of hydrogen-bond donors (Lipinski definition) is 1. The number of rotatable bonds is 6. The predicted octanol–water partition coefficient (Wildman–Crippen LogP) is 3.09. The quantitative estimate of drug-likeness (QED) is 0.797. The number of hydrogen-bond acceptors (Lipinski definition) is 4. The molecule has 1 N–H and O–H groups in total. The van der Waals surface area contributed by atoms with Crippen LogP contribution in [0, 0.1) is 0 Å². The maximum absolute atomic E-state index is 4.57. The summed E-state index contributed by atoms with van der Waals surface area (Å²) in [5.41, 5.74) is 2.06. The fourth-order valence-electron chi connectivity index (χ4n) is 1.51. The van der Waals surface area contributed by atoms with Crippen LogP contribution in [0.1, 0.15) is 25.5 Å². The zero-order chi connectivity index (χ0) is 11.9. The fourth-order valence-corrected chi connectivity index (χ4v) is 2.31. The monoisotopic (exact) mass is 247 g/mol. The SMILES string of the molecule is CCCCNCc1csc(-c2ccccn2)n1. The molecular formula is C13H17N3S. The smallest absolute Gasteiger partial charge is 0.142 e. The topological polar surface area (TPSA) is 37.8 Å². The van der Waals surface area contributed by atoms with Gasteiger partial charge in [0, 0.05) is 18.1 Å². The number of pyridine rings is 1. The van der Waals surface area contributed by atoms with Crippen molar-refractivity contribution in [1.29, 1.82) is 0 Å². The van der Waals surface area contributed by atoms with E-state index in [0.717, 1.165) is 29.5 Å². The van der Waals surface area contributed by atoms with Gasteiger partial charge in [0.1, 0.15) is 5.01 Å². The Bertz CT molecular complexity index is 439. The van der Waals surface area contributed by atoms with E-state index < -0.39 is 0 Å². The van der Waals surface area contributed by atoms with E-state index >= 15 is 0 Å². The second kappa shape index (κ2) is 6.47. The summed E-state index contributed by atoms with van der Waals surface area (Å²) in [6, 6.07) is 5.90. The standard InChI is InChI=1S/C13H17N3S/c1-2-3-7-14-9-11-10-17-13(16-11)12-6-4-5-8-15-12/h4-6,8,10,14H,2-3,7,9H2,1H3. The van der Waals surface area contributed by atoms with Crippen molar-refractivity contribution in [3.63, 3.8) is 0 Å². The Morgan fingerprint density at radius 2 is 2.29 bits per heavy atom. The molecule has 0 unspecified atom stereocenters. The Morgan fingerprint density at radius 3 is 3.06 bits per heavy atom. The van der Waals surface area contributed by atoms with Gasteiger partial charge in [-0.05, 0) is 25.1 Å². The third kappa shape index (κ3) is 3.61. The van der Waals surface area contributed by atoms with Gasteiger partial charge in [0.25, 0.3) is 0 Å². The zero-order valence-electron chi connectivity index (χ0n) is 10.0. The average Bonchev–Trinajstić information content (AvgIpc) is 2.85. The van der Waals surface area contributed by atoms with Crippen LogP contribution < -0.4 is 5.32 Å². The molecule has 90 valence electrons. The maximum Gasteiger partial charge on any atom is 0.142 e. The Hall–Kier alpha value is -1.26. The van der Waals surface area contributed by atoms with Gasteiger partial charge < -0.3 is 5.32 Å². The lowest BCUT2D eigenvalue weighted by atomic mass is 10.3. The van der Waals surface area contributed by atoms with E-state index in [1.54, 1.807) is 17.5 Å². The summed E-state index contributed by atoms with van der Waals surface area (Å²) < 4.78 is 0. The molecule has 0 saturated carbocycles. The molecule has 0 bridgehead atoms. The minimum Gasteiger partial charge on any atom is -0.311 e. The fraction of sp³-hybridized carbons (Fsp3) is 0.385. The van der Waals surface area contributed by atoms with Crippen molar-refractivity contribution < 1.29 is 0 Å². The third-order valence-electron chi connectivity index (χ3n) is 2.45. The average molecular weight is 247 g/mol. The molecule has 0 aromatic carbocycles. The minimum absolute atomic E-state index is 0.851. The van der Waals surface area contributed by atoms with E-state index in [1.165, 1.54) is 12.8 Å². The Balaban J connectivity index is 1.92. The number of thiazole rings is 1. The molecule has 0 aliphatic carbocycles. The predicted molar refractivity (Wildman–Crippen MR) is 72.0 cm³/mol. The molecule has 0 radical (unpaired) electrons. The van der Waals surface area contributed by atoms with E-state index in [4.69, 9.17) is 0 Å². The first-order chi connectivity index (χ1) is 8.40. The summed E-state index contributed by atoms with van der Waals surface area (Å²) in [4.78, 5) is 8.87. The van der Waals surface area contributed by atoms with Gasteiger partial charge in [-0.3, -0.25) is 4.98 Å². The van der Waals surface area contributed by atoms with Crippen LogP contribution in [0.2, 0.25) is 0 Å². The van der Waals surface area contributed by atoms with Crippen LogP contribution in [0.3, 0.4) is 0 Å². The summed E-state index contributed by atoms with van der Waals surface area (Å²) in [6.45, 7) is 4.11. The molecule has 2 rings (SSSR count). The van der Waals surface area contributed by atoms with Crippen LogP contribution in [-0.4, -0.2) is 16.5 Å². The van der Waals surface area contributed by atoms with Gasteiger partial charge in [0.2, 0.25) is 0 Å². The van der Waals surface area contributed by atoms with Gasteiger partial charge in [-0.15, -0.1) is 11.3 Å². The van der Waals surface area contributed by atoms with Crippen molar-refractivity contribution in [1.82, 2.24) is 15.3 Å². The summed E-state index contributed by atoms with van der Waals surface area (Å²) in [5.74, 6) is 0. The highest BCUT2D eigenvalue weighted by molar-refractivity contribution is 7.13. The highest BCUT2D eigenvalue weighted by atomic mass is 32.1. The molecule has 2 aromatic rings. The first-order valence-corrected chi connectivity index (χ1v) is 6.84. The largest absolute Gasteiger partial charge is 0.311 e. The van der Waals surface area contributed by atoms with Crippen molar-refractivity contribution in [2.75, 3.05) is 6.54 Å². The molecule has 0 atom stereocenters. The van der Waals surface area contributed by atoms with Gasteiger partial charge in [-0.25, -0.2) is 4.98 Å². The normalized spacial score (nSPS) is 10.6.